The minimum absolute atomic E-state index is 0.152. The van der Waals surface area contributed by atoms with E-state index in [0.29, 0.717) is 42.4 Å². The first-order valence-electron chi connectivity index (χ1n) is 9.55. The first-order valence-corrected chi connectivity index (χ1v) is 9.55. The van der Waals surface area contributed by atoms with E-state index in [9.17, 15) is 9.59 Å². The molecule has 4 rings (SSSR count). The Morgan fingerprint density at radius 2 is 1.54 bits per heavy atom. The van der Waals surface area contributed by atoms with Crippen LogP contribution in [0.2, 0.25) is 0 Å². The van der Waals surface area contributed by atoms with E-state index >= 15 is 0 Å². The van der Waals surface area contributed by atoms with Gasteiger partial charge in [-0.05, 0) is 50.1 Å². The van der Waals surface area contributed by atoms with Crippen molar-refractivity contribution < 1.29 is 19.1 Å². The largest absolute Gasteiger partial charge is 0.490 e. The first kappa shape index (κ1) is 18.2. The standard InChI is InChI=1S/C22H22N2O4/c1-3-27-19-11-14-9-10-23-18(17(14)12-20(19)28-4-2)13-24-21(25)15-7-5-6-8-16(15)22(24)26/h5-8,11-12H,3-4,9-10,13H2,1-2H3. The minimum atomic E-state index is -0.272. The van der Waals surface area contributed by atoms with Gasteiger partial charge in [0, 0.05) is 12.1 Å². The summed E-state index contributed by atoms with van der Waals surface area (Å²) in [6, 6.07) is 10.8. The second kappa shape index (κ2) is 7.46. The van der Waals surface area contributed by atoms with Gasteiger partial charge in [-0.1, -0.05) is 12.1 Å². The van der Waals surface area contributed by atoms with Crippen molar-refractivity contribution in [2.45, 2.75) is 20.3 Å². The molecule has 0 saturated heterocycles. The molecule has 0 radical (unpaired) electrons. The number of imide groups is 1. The summed E-state index contributed by atoms with van der Waals surface area (Å²) in [5.74, 6) is 0.822. The average molecular weight is 378 g/mol. The predicted molar refractivity (Wildman–Crippen MR) is 106 cm³/mol. The maximum absolute atomic E-state index is 12.7. The van der Waals surface area contributed by atoms with Gasteiger partial charge in [-0.25, -0.2) is 0 Å². The Kier molecular flexibility index (Phi) is 4.86. The van der Waals surface area contributed by atoms with Crippen molar-refractivity contribution in [3.05, 3.63) is 58.7 Å². The van der Waals surface area contributed by atoms with E-state index in [0.717, 1.165) is 23.3 Å². The van der Waals surface area contributed by atoms with Crippen molar-refractivity contribution in [2.75, 3.05) is 26.3 Å². The van der Waals surface area contributed by atoms with Gasteiger partial charge >= 0.3 is 0 Å². The molecule has 28 heavy (non-hydrogen) atoms. The maximum Gasteiger partial charge on any atom is 0.261 e. The monoisotopic (exact) mass is 378 g/mol. The number of carbonyl (C=O) groups excluding carboxylic acids is 2. The Hall–Kier alpha value is -3.15. The highest BCUT2D eigenvalue weighted by Crippen LogP contribution is 2.34. The molecule has 2 heterocycles. The topological polar surface area (TPSA) is 68.2 Å². The molecule has 0 saturated carbocycles. The minimum Gasteiger partial charge on any atom is -0.490 e. The number of nitrogens with zero attached hydrogens (tertiary/aromatic N) is 2. The summed E-state index contributed by atoms with van der Waals surface area (Å²) in [6.45, 7) is 5.69. The van der Waals surface area contributed by atoms with Gasteiger partial charge in [0.15, 0.2) is 11.5 Å². The van der Waals surface area contributed by atoms with Crippen LogP contribution >= 0.6 is 0 Å². The van der Waals surface area contributed by atoms with Gasteiger partial charge in [0.05, 0.1) is 36.6 Å². The molecule has 0 fully saturated rings. The molecule has 0 N–H and O–H groups in total. The highest BCUT2D eigenvalue weighted by Gasteiger charge is 2.36. The smallest absolute Gasteiger partial charge is 0.261 e. The predicted octanol–water partition coefficient (Wildman–Crippen LogP) is 3.13. The molecule has 2 aromatic carbocycles. The summed E-state index contributed by atoms with van der Waals surface area (Å²) in [7, 11) is 0. The summed E-state index contributed by atoms with van der Waals surface area (Å²) in [5.41, 5.74) is 3.62. The average Bonchev–Trinajstić information content (AvgIpc) is 2.94. The van der Waals surface area contributed by atoms with Gasteiger partial charge in [0.2, 0.25) is 0 Å². The quantitative estimate of drug-likeness (QED) is 0.725. The van der Waals surface area contributed by atoms with Crippen LogP contribution < -0.4 is 9.47 Å². The van der Waals surface area contributed by atoms with Crippen LogP contribution in [-0.2, 0) is 6.42 Å². The lowest BCUT2D eigenvalue weighted by Crippen LogP contribution is -2.36. The van der Waals surface area contributed by atoms with Crippen LogP contribution in [0.3, 0.4) is 0 Å². The first-order chi connectivity index (χ1) is 13.6. The maximum atomic E-state index is 12.7. The lowest BCUT2D eigenvalue weighted by Gasteiger charge is -2.23. The van der Waals surface area contributed by atoms with Crippen LogP contribution in [0.1, 0.15) is 45.7 Å². The third-order valence-corrected chi connectivity index (χ3v) is 4.95. The Balaban J connectivity index is 1.66. The molecule has 0 bridgehead atoms. The molecule has 2 aliphatic rings. The summed E-state index contributed by atoms with van der Waals surface area (Å²) in [6.07, 6.45) is 0.785. The van der Waals surface area contributed by atoms with Crippen molar-refractivity contribution in [3.8, 4) is 11.5 Å². The molecular weight excluding hydrogens is 356 g/mol. The van der Waals surface area contributed by atoms with E-state index in [2.05, 4.69) is 4.99 Å². The second-order valence-electron chi connectivity index (χ2n) is 6.64. The molecule has 0 aliphatic carbocycles. The summed E-state index contributed by atoms with van der Waals surface area (Å²) < 4.78 is 11.5. The van der Waals surface area contributed by atoms with Gasteiger partial charge in [0.25, 0.3) is 11.8 Å². The lowest BCUT2D eigenvalue weighted by atomic mass is 9.96. The number of hydrogen-bond acceptors (Lipinski definition) is 5. The number of aliphatic imine (C=N–C) groups is 1. The van der Waals surface area contributed by atoms with Crippen LogP contribution in [0.5, 0.6) is 11.5 Å². The van der Waals surface area contributed by atoms with Crippen LogP contribution in [-0.4, -0.2) is 48.7 Å². The fourth-order valence-electron chi connectivity index (χ4n) is 3.68. The van der Waals surface area contributed by atoms with Gasteiger partial charge in [0.1, 0.15) is 0 Å². The molecule has 6 nitrogen and oxygen atoms in total. The van der Waals surface area contributed by atoms with E-state index in [4.69, 9.17) is 9.47 Å². The number of amides is 2. The van der Waals surface area contributed by atoms with Gasteiger partial charge in [-0.2, -0.15) is 0 Å². The molecule has 0 aromatic heterocycles. The second-order valence-corrected chi connectivity index (χ2v) is 6.64. The third-order valence-electron chi connectivity index (χ3n) is 4.95. The number of carbonyl (C=O) groups is 2. The Morgan fingerprint density at radius 1 is 0.929 bits per heavy atom. The molecule has 0 spiro atoms. The number of fused-ring (bicyclic) bond motifs is 2. The fraction of sp³-hybridized carbons (Fsp3) is 0.318. The summed E-state index contributed by atoms with van der Waals surface area (Å²) in [4.78, 5) is 31.3. The van der Waals surface area contributed by atoms with Gasteiger partial charge < -0.3 is 9.47 Å². The number of benzene rings is 2. The highest BCUT2D eigenvalue weighted by atomic mass is 16.5. The molecule has 0 atom stereocenters. The Morgan fingerprint density at radius 3 is 2.14 bits per heavy atom. The molecular formula is C22H22N2O4. The zero-order valence-electron chi connectivity index (χ0n) is 16.0. The normalized spacial score (nSPS) is 15.2. The van der Waals surface area contributed by atoms with Crippen molar-refractivity contribution in [2.24, 2.45) is 4.99 Å². The van der Waals surface area contributed by atoms with E-state index in [1.807, 2.05) is 26.0 Å². The molecule has 2 amide bonds. The molecule has 2 aliphatic heterocycles. The summed E-state index contributed by atoms with van der Waals surface area (Å²) in [5, 5.41) is 0. The van der Waals surface area contributed by atoms with E-state index in [1.165, 1.54) is 4.90 Å². The van der Waals surface area contributed by atoms with Crippen molar-refractivity contribution in [3.63, 3.8) is 0 Å². The third kappa shape index (κ3) is 3.05. The van der Waals surface area contributed by atoms with Crippen LogP contribution in [0.25, 0.3) is 0 Å². The zero-order valence-corrected chi connectivity index (χ0v) is 16.0. The number of hydrogen-bond donors (Lipinski definition) is 0. The van der Waals surface area contributed by atoms with Crippen LogP contribution in [0.15, 0.2) is 41.4 Å². The van der Waals surface area contributed by atoms with E-state index < -0.39 is 0 Å². The molecule has 6 heteroatoms. The van der Waals surface area contributed by atoms with Gasteiger partial charge in [-0.3, -0.25) is 19.5 Å². The lowest BCUT2D eigenvalue weighted by molar-refractivity contribution is 0.0677. The van der Waals surface area contributed by atoms with E-state index in [-0.39, 0.29) is 18.4 Å². The fourth-order valence-corrected chi connectivity index (χ4v) is 3.68. The zero-order chi connectivity index (χ0) is 19.7. The van der Waals surface area contributed by atoms with Crippen molar-refractivity contribution in [1.29, 1.82) is 0 Å². The van der Waals surface area contributed by atoms with Crippen LogP contribution in [0.4, 0.5) is 0 Å². The van der Waals surface area contributed by atoms with Crippen LogP contribution in [0, 0.1) is 0 Å². The SMILES string of the molecule is CCOc1cc2c(cc1OCC)C(CN1C(=O)c3ccccc3C1=O)=NCC2. The molecule has 144 valence electrons. The Bertz CT molecular complexity index is 945. The molecule has 2 aromatic rings. The number of rotatable bonds is 6. The highest BCUT2D eigenvalue weighted by molar-refractivity contribution is 6.23. The van der Waals surface area contributed by atoms with Crippen molar-refractivity contribution >= 4 is 17.5 Å². The van der Waals surface area contributed by atoms with Crippen molar-refractivity contribution in [1.82, 2.24) is 4.90 Å². The number of ether oxygens (including phenoxy) is 2. The van der Waals surface area contributed by atoms with E-state index in [1.54, 1.807) is 24.3 Å². The molecule has 0 unspecified atom stereocenters. The van der Waals surface area contributed by atoms with Gasteiger partial charge in [-0.15, -0.1) is 0 Å². The summed E-state index contributed by atoms with van der Waals surface area (Å²) >= 11 is 0. The Labute approximate surface area is 163 Å².